The number of hydrogen-bond donors (Lipinski definition) is 1. The van der Waals surface area contributed by atoms with E-state index in [1.54, 1.807) is 4.31 Å². The van der Waals surface area contributed by atoms with Crippen molar-refractivity contribution < 1.29 is 8.42 Å². The smallest absolute Gasteiger partial charge is 0.211 e. The molecule has 0 saturated carbocycles. The molecule has 3 rings (SSSR count). The number of hydrogen-bond acceptors (Lipinski definition) is 3. The Hall–Kier alpha value is -0.910. The molecule has 1 atom stereocenters. The van der Waals surface area contributed by atoms with Crippen LogP contribution in [0.3, 0.4) is 0 Å². The summed E-state index contributed by atoms with van der Waals surface area (Å²) < 4.78 is 24.7. The molecule has 2 aliphatic heterocycles. The van der Waals surface area contributed by atoms with E-state index < -0.39 is 10.0 Å². The van der Waals surface area contributed by atoms with Gasteiger partial charge in [0.05, 0.1) is 6.26 Å². The highest BCUT2D eigenvalue weighted by atomic mass is 32.2. The zero-order valence-electron chi connectivity index (χ0n) is 11.2. The number of nitrogens with one attached hydrogen (secondary N) is 1. The first kappa shape index (κ1) is 13.1. The molecule has 0 aromatic heterocycles. The van der Waals surface area contributed by atoms with Gasteiger partial charge in [0.25, 0.3) is 0 Å². The minimum absolute atomic E-state index is 0.349. The van der Waals surface area contributed by atoms with Crippen molar-refractivity contribution in [2.45, 2.75) is 25.3 Å². The van der Waals surface area contributed by atoms with E-state index in [-0.39, 0.29) is 0 Å². The van der Waals surface area contributed by atoms with Gasteiger partial charge >= 0.3 is 0 Å². The Kier molecular flexibility index (Phi) is 3.37. The summed E-state index contributed by atoms with van der Waals surface area (Å²) in [5.41, 5.74) is 4.09. The van der Waals surface area contributed by atoms with Crippen LogP contribution in [-0.2, 0) is 23.0 Å². The normalized spacial score (nSPS) is 24.4. The van der Waals surface area contributed by atoms with Gasteiger partial charge in [-0.1, -0.05) is 18.2 Å². The maximum absolute atomic E-state index is 11.6. The summed E-state index contributed by atoms with van der Waals surface area (Å²) in [7, 11) is -3.04. The van der Waals surface area contributed by atoms with E-state index in [0.29, 0.717) is 19.0 Å². The third-order valence-corrected chi connectivity index (χ3v) is 5.48. The minimum atomic E-state index is -3.04. The first-order chi connectivity index (χ1) is 9.04. The number of sulfonamides is 1. The summed E-state index contributed by atoms with van der Waals surface area (Å²) in [5, 5.41) is 3.39. The van der Waals surface area contributed by atoms with Crippen molar-refractivity contribution in [2.75, 3.05) is 25.9 Å². The fourth-order valence-corrected chi connectivity index (χ4v) is 3.94. The van der Waals surface area contributed by atoms with Crippen molar-refractivity contribution in [3.8, 4) is 0 Å². The molecule has 0 aliphatic carbocycles. The average molecular weight is 280 g/mol. The molecule has 19 heavy (non-hydrogen) atoms. The lowest BCUT2D eigenvalue weighted by Gasteiger charge is -2.20. The highest BCUT2D eigenvalue weighted by Crippen LogP contribution is 2.30. The Bertz CT molecular complexity index is 583. The van der Waals surface area contributed by atoms with Crippen molar-refractivity contribution in [3.05, 3.63) is 34.9 Å². The maximum atomic E-state index is 11.6. The average Bonchev–Trinajstić information content (AvgIpc) is 2.87. The van der Waals surface area contributed by atoms with E-state index >= 15 is 0 Å². The molecule has 1 aromatic carbocycles. The van der Waals surface area contributed by atoms with Crippen LogP contribution in [0.1, 0.15) is 29.0 Å². The van der Waals surface area contributed by atoms with Crippen molar-refractivity contribution in [3.63, 3.8) is 0 Å². The van der Waals surface area contributed by atoms with Crippen LogP contribution in [0.25, 0.3) is 0 Å². The van der Waals surface area contributed by atoms with Crippen LogP contribution in [0.4, 0.5) is 0 Å². The Morgan fingerprint density at radius 3 is 2.89 bits per heavy atom. The molecule has 1 unspecified atom stereocenters. The Morgan fingerprint density at radius 1 is 1.32 bits per heavy atom. The highest BCUT2D eigenvalue weighted by Gasteiger charge is 2.29. The summed E-state index contributed by atoms with van der Waals surface area (Å²) in [4.78, 5) is 0. The van der Waals surface area contributed by atoms with Crippen LogP contribution < -0.4 is 5.32 Å². The van der Waals surface area contributed by atoms with Gasteiger partial charge in [-0.05, 0) is 42.0 Å². The molecule has 1 fully saturated rings. The van der Waals surface area contributed by atoms with Gasteiger partial charge in [-0.3, -0.25) is 0 Å². The second kappa shape index (κ2) is 4.89. The van der Waals surface area contributed by atoms with Gasteiger partial charge in [0.1, 0.15) is 0 Å². The van der Waals surface area contributed by atoms with E-state index in [1.807, 2.05) is 0 Å². The predicted octanol–water partition coefficient (Wildman–Crippen LogP) is 1.08. The number of rotatable bonds is 2. The topological polar surface area (TPSA) is 49.4 Å². The maximum Gasteiger partial charge on any atom is 0.211 e. The summed E-state index contributed by atoms with van der Waals surface area (Å²) in [5.74, 6) is 0.349. The second-order valence-electron chi connectivity index (χ2n) is 5.56. The number of nitrogens with zero attached hydrogens (tertiary/aromatic N) is 1. The standard InChI is InChI=1S/C14H20N2O2S/c1-19(17,18)16-7-5-13(10-16)12-3-2-11-4-6-15-9-14(11)8-12/h2-3,8,13,15H,4-7,9-10H2,1H3. The third-order valence-electron chi connectivity index (χ3n) is 4.21. The summed E-state index contributed by atoms with van der Waals surface area (Å²) in [6.07, 6.45) is 3.32. The lowest BCUT2D eigenvalue weighted by molar-refractivity contribution is 0.478. The largest absolute Gasteiger partial charge is 0.312 e. The van der Waals surface area contributed by atoms with Gasteiger partial charge in [0, 0.05) is 19.6 Å². The summed E-state index contributed by atoms with van der Waals surface area (Å²) in [6, 6.07) is 6.66. The monoisotopic (exact) mass is 280 g/mol. The number of benzene rings is 1. The minimum Gasteiger partial charge on any atom is -0.312 e. The molecule has 0 radical (unpaired) electrons. The first-order valence-electron chi connectivity index (χ1n) is 6.81. The van der Waals surface area contributed by atoms with Crippen LogP contribution >= 0.6 is 0 Å². The molecule has 1 N–H and O–H groups in total. The van der Waals surface area contributed by atoms with Crippen LogP contribution in [0.5, 0.6) is 0 Å². The van der Waals surface area contributed by atoms with Crippen molar-refractivity contribution in [1.82, 2.24) is 9.62 Å². The van der Waals surface area contributed by atoms with E-state index in [2.05, 4.69) is 23.5 Å². The fraction of sp³-hybridized carbons (Fsp3) is 0.571. The lowest BCUT2D eigenvalue weighted by atomic mass is 9.92. The summed E-state index contributed by atoms with van der Waals surface area (Å²) >= 11 is 0. The molecule has 0 bridgehead atoms. The van der Waals surface area contributed by atoms with Crippen LogP contribution in [0.2, 0.25) is 0 Å². The zero-order valence-corrected chi connectivity index (χ0v) is 12.0. The molecule has 0 spiro atoms. The molecule has 4 nitrogen and oxygen atoms in total. The Morgan fingerprint density at radius 2 is 2.16 bits per heavy atom. The van der Waals surface area contributed by atoms with Gasteiger partial charge < -0.3 is 5.32 Å². The van der Waals surface area contributed by atoms with Gasteiger partial charge in [-0.2, -0.15) is 0 Å². The quantitative estimate of drug-likeness (QED) is 0.882. The van der Waals surface area contributed by atoms with Crippen molar-refractivity contribution in [1.29, 1.82) is 0 Å². The van der Waals surface area contributed by atoms with E-state index in [1.165, 1.54) is 22.9 Å². The third kappa shape index (κ3) is 2.68. The second-order valence-corrected chi connectivity index (χ2v) is 7.54. The van der Waals surface area contributed by atoms with Gasteiger partial charge in [-0.25, -0.2) is 12.7 Å². The van der Waals surface area contributed by atoms with Crippen molar-refractivity contribution >= 4 is 10.0 Å². The molecular weight excluding hydrogens is 260 g/mol. The fourth-order valence-electron chi connectivity index (χ4n) is 3.06. The van der Waals surface area contributed by atoms with E-state index in [4.69, 9.17) is 0 Å². The summed E-state index contributed by atoms with van der Waals surface area (Å²) in [6.45, 7) is 3.27. The van der Waals surface area contributed by atoms with Crippen LogP contribution in [-0.4, -0.2) is 38.6 Å². The molecular formula is C14H20N2O2S. The predicted molar refractivity (Wildman–Crippen MR) is 75.6 cm³/mol. The van der Waals surface area contributed by atoms with Crippen molar-refractivity contribution in [2.24, 2.45) is 0 Å². The molecule has 104 valence electrons. The van der Waals surface area contributed by atoms with E-state index in [9.17, 15) is 8.42 Å². The zero-order chi connectivity index (χ0) is 13.5. The molecule has 1 saturated heterocycles. The molecule has 0 amide bonds. The van der Waals surface area contributed by atoms with Crippen LogP contribution in [0, 0.1) is 0 Å². The first-order valence-corrected chi connectivity index (χ1v) is 8.66. The molecule has 2 aliphatic rings. The number of fused-ring (bicyclic) bond motifs is 1. The van der Waals surface area contributed by atoms with Gasteiger partial charge in [0.15, 0.2) is 0 Å². The molecule has 5 heteroatoms. The Labute approximate surface area is 114 Å². The SMILES string of the molecule is CS(=O)(=O)N1CCC(c2ccc3c(c2)CNCC3)C1. The van der Waals surface area contributed by atoms with E-state index in [0.717, 1.165) is 25.9 Å². The Balaban J connectivity index is 1.80. The van der Waals surface area contributed by atoms with Crippen LogP contribution in [0.15, 0.2) is 18.2 Å². The van der Waals surface area contributed by atoms with Gasteiger partial charge in [-0.15, -0.1) is 0 Å². The van der Waals surface area contributed by atoms with Gasteiger partial charge in [0.2, 0.25) is 10.0 Å². The highest BCUT2D eigenvalue weighted by molar-refractivity contribution is 7.88. The molecule has 1 aromatic rings. The lowest BCUT2D eigenvalue weighted by Crippen LogP contribution is -2.27. The molecule has 2 heterocycles.